The second kappa shape index (κ2) is 9.90. The zero-order chi connectivity index (χ0) is 22.4. The van der Waals surface area contributed by atoms with Gasteiger partial charge in [-0.3, -0.25) is 25.2 Å². The number of hydrazine groups is 1. The van der Waals surface area contributed by atoms with E-state index in [4.69, 9.17) is 4.42 Å². The molecule has 0 unspecified atom stereocenters. The number of phenols is 1. The fraction of sp³-hybridized carbons (Fsp3) is 0.0952. The van der Waals surface area contributed by atoms with Crippen molar-refractivity contribution in [1.82, 2.24) is 16.2 Å². The third kappa shape index (κ3) is 6.16. The lowest BCUT2D eigenvalue weighted by atomic mass is 10.0. The van der Waals surface area contributed by atoms with E-state index in [1.54, 1.807) is 12.1 Å². The maximum Gasteiger partial charge on any atom is 0.287 e. The summed E-state index contributed by atoms with van der Waals surface area (Å²) in [6.45, 7) is 0. The van der Waals surface area contributed by atoms with E-state index in [0.29, 0.717) is 10.2 Å². The van der Waals surface area contributed by atoms with Crippen LogP contribution in [0.3, 0.4) is 0 Å². The highest BCUT2D eigenvalue weighted by molar-refractivity contribution is 9.10. The van der Waals surface area contributed by atoms with Crippen molar-refractivity contribution in [2.45, 2.75) is 12.5 Å². The molecule has 0 aliphatic carbocycles. The van der Waals surface area contributed by atoms with E-state index in [-0.39, 0.29) is 23.5 Å². The van der Waals surface area contributed by atoms with Crippen LogP contribution in [0.25, 0.3) is 0 Å². The van der Waals surface area contributed by atoms with Crippen molar-refractivity contribution in [2.24, 2.45) is 0 Å². The van der Waals surface area contributed by atoms with Crippen LogP contribution in [0.1, 0.15) is 26.5 Å². The van der Waals surface area contributed by atoms with Gasteiger partial charge in [0.1, 0.15) is 17.6 Å². The summed E-state index contributed by atoms with van der Waals surface area (Å²) in [5.41, 5.74) is 5.28. The van der Waals surface area contributed by atoms with Crippen molar-refractivity contribution in [3.8, 4) is 5.75 Å². The van der Waals surface area contributed by atoms with Crippen LogP contribution in [0.15, 0.2) is 69.8 Å². The number of carbonyl (C=O) groups excluding carboxylic acids is 3. The van der Waals surface area contributed by atoms with Crippen molar-refractivity contribution in [3.63, 3.8) is 0 Å². The molecule has 0 saturated carbocycles. The molecular formula is C21H17BrFN3O5. The number of halogens is 2. The Morgan fingerprint density at radius 3 is 2.23 bits per heavy atom. The summed E-state index contributed by atoms with van der Waals surface area (Å²) < 4.78 is 18.5. The molecule has 31 heavy (non-hydrogen) atoms. The third-order valence-corrected chi connectivity index (χ3v) is 4.63. The number of hydrogen-bond acceptors (Lipinski definition) is 5. The molecule has 0 radical (unpaired) electrons. The van der Waals surface area contributed by atoms with Crippen molar-refractivity contribution < 1.29 is 28.3 Å². The standard InChI is InChI=1S/C21H17BrFN3O5/c22-18-10-9-17(31-18)21(30)24-16(11-12-1-7-15(27)8-2-12)20(29)26-25-19(28)13-3-5-14(23)6-4-13/h1-10,16,27H,11H2,(H,24,30)(H,25,28)(H,26,29)/t16-/m0/s1. The Morgan fingerprint density at radius 2 is 1.61 bits per heavy atom. The highest BCUT2D eigenvalue weighted by atomic mass is 79.9. The van der Waals surface area contributed by atoms with Gasteiger partial charge in [0.25, 0.3) is 17.7 Å². The predicted molar refractivity (Wildman–Crippen MR) is 111 cm³/mol. The second-order valence-corrected chi connectivity index (χ2v) is 7.23. The quantitative estimate of drug-likeness (QED) is 0.396. The molecule has 0 fully saturated rings. The Bertz CT molecular complexity index is 1080. The minimum Gasteiger partial charge on any atom is -0.508 e. The highest BCUT2D eigenvalue weighted by Crippen LogP contribution is 2.15. The van der Waals surface area contributed by atoms with Crippen LogP contribution in [0.2, 0.25) is 0 Å². The fourth-order valence-corrected chi connectivity index (χ4v) is 2.93. The predicted octanol–water partition coefficient (Wildman–Crippen LogP) is 2.69. The Kier molecular flexibility index (Phi) is 7.03. The number of phenolic OH excluding ortho intramolecular Hbond substituents is 1. The van der Waals surface area contributed by atoms with E-state index in [2.05, 4.69) is 32.1 Å². The Morgan fingerprint density at radius 1 is 0.935 bits per heavy atom. The molecular weight excluding hydrogens is 473 g/mol. The average molecular weight is 490 g/mol. The molecule has 0 aliphatic rings. The molecule has 0 bridgehead atoms. The van der Waals surface area contributed by atoms with Crippen LogP contribution in [0.4, 0.5) is 4.39 Å². The maximum absolute atomic E-state index is 13.0. The monoisotopic (exact) mass is 489 g/mol. The largest absolute Gasteiger partial charge is 0.508 e. The molecule has 4 N–H and O–H groups in total. The molecule has 160 valence electrons. The van der Waals surface area contributed by atoms with Crippen LogP contribution in [-0.2, 0) is 11.2 Å². The molecule has 1 aromatic heterocycles. The van der Waals surface area contributed by atoms with Gasteiger partial charge in [0.05, 0.1) is 0 Å². The van der Waals surface area contributed by atoms with E-state index in [1.165, 1.54) is 36.4 Å². The summed E-state index contributed by atoms with van der Waals surface area (Å²) in [5.74, 6) is -2.43. The van der Waals surface area contributed by atoms with Crippen LogP contribution < -0.4 is 16.2 Å². The SMILES string of the molecule is O=C(NNC(=O)[C@H](Cc1ccc(O)cc1)NC(=O)c1ccc(Br)o1)c1ccc(F)cc1. The van der Waals surface area contributed by atoms with E-state index < -0.39 is 29.6 Å². The molecule has 0 aliphatic heterocycles. The third-order valence-electron chi connectivity index (χ3n) is 4.20. The fourth-order valence-electron chi connectivity index (χ4n) is 2.62. The first-order valence-corrected chi connectivity index (χ1v) is 9.81. The number of furan rings is 1. The van der Waals surface area contributed by atoms with Crippen molar-refractivity contribution in [2.75, 3.05) is 0 Å². The molecule has 1 atom stereocenters. The first-order chi connectivity index (χ1) is 14.8. The van der Waals surface area contributed by atoms with E-state index in [9.17, 15) is 23.9 Å². The lowest BCUT2D eigenvalue weighted by Crippen LogP contribution is -2.53. The van der Waals surface area contributed by atoms with E-state index in [0.717, 1.165) is 12.1 Å². The maximum atomic E-state index is 13.0. The Labute approximate surface area is 184 Å². The van der Waals surface area contributed by atoms with E-state index in [1.807, 2.05) is 0 Å². The number of benzene rings is 2. The van der Waals surface area contributed by atoms with Gasteiger partial charge in [-0.15, -0.1) is 0 Å². The van der Waals surface area contributed by atoms with Gasteiger partial charge >= 0.3 is 0 Å². The van der Waals surface area contributed by atoms with Crippen LogP contribution in [-0.4, -0.2) is 28.9 Å². The molecule has 0 spiro atoms. The van der Waals surface area contributed by atoms with Crippen LogP contribution in [0, 0.1) is 5.82 Å². The topological polar surface area (TPSA) is 121 Å². The first-order valence-electron chi connectivity index (χ1n) is 9.01. The zero-order valence-corrected chi connectivity index (χ0v) is 17.5. The molecule has 3 aromatic rings. The summed E-state index contributed by atoms with van der Waals surface area (Å²) in [6, 6.07) is 12.8. The van der Waals surface area contributed by atoms with Crippen molar-refractivity contribution >= 4 is 33.7 Å². The summed E-state index contributed by atoms with van der Waals surface area (Å²) in [7, 11) is 0. The second-order valence-electron chi connectivity index (χ2n) is 6.45. The number of amides is 3. The zero-order valence-electron chi connectivity index (χ0n) is 15.9. The summed E-state index contributed by atoms with van der Waals surface area (Å²) >= 11 is 3.10. The molecule has 3 rings (SSSR count). The van der Waals surface area contributed by atoms with Crippen LogP contribution in [0.5, 0.6) is 5.75 Å². The smallest absolute Gasteiger partial charge is 0.287 e. The molecule has 0 saturated heterocycles. The van der Waals surface area contributed by atoms with Gasteiger partial charge in [-0.1, -0.05) is 12.1 Å². The first kappa shape index (κ1) is 22.0. The molecule has 3 amide bonds. The Balaban J connectivity index is 1.69. The van der Waals surface area contributed by atoms with E-state index >= 15 is 0 Å². The van der Waals surface area contributed by atoms with Gasteiger partial charge < -0.3 is 14.8 Å². The number of aromatic hydroxyl groups is 1. The molecule has 1 heterocycles. The molecule has 2 aromatic carbocycles. The van der Waals surface area contributed by atoms with Gasteiger partial charge in [-0.05, 0) is 70.0 Å². The molecule has 8 nitrogen and oxygen atoms in total. The van der Waals surface area contributed by atoms with Gasteiger partial charge in [0, 0.05) is 12.0 Å². The number of rotatable bonds is 6. The van der Waals surface area contributed by atoms with Gasteiger partial charge in [0.15, 0.2) is 10.4 Å². The normalized spacial score (nSPS) is 11.4. The summed E-state index contributed by atoms with van der Waals surface area (Å²) in [4.78, 5) is 37.3. The van der Waals surface area contributed by atoms with Crippen molar-refractivity contribution in [1.29, 1.82) is 0 Å². The lowest BCUT2D eigenvalue weighted by Gasteiger charge is -2.18. The number of nitrogens with one attached hydrogen (secondary N) is 3. The lowest BCUT2D eigenvalue weighted by molar-refractivity contribution is -0.123. The number of hydrogen-bond donors (Lipinski definition) is 4. The van der Waals surface area contributed by atoms with Crippen molar-refractivity contribution in [3.05, 3.63) is 88.0 Å². The Hall–Kier alpha value is -3.66. The van der Waals surface area contributed by atoms with Crippen LogP contribution >= 0.6 is 15.9 Å². The highest BCUT2D eigenvalue weighted by Gasteiger charge is 2.24. The van der Waals surface area contributed by atoms with Gasteiger partial charge in [-0.25, -0.2) is 4.39 Å². The summed E-state index contributed by atoms with van der Waals surface area (Å²) in [5, 5.41) is 12.0. The molecule has 10 heteroatoms. The summed E-state index contributed by atoms with van der Waals surface area (Å²) in [6.07, 6.45) is 0.0755. The van der Waals surface area contributed by atoms with Gasteiger partial charge in [0.2, 0.25) is 0 Å². The minimum atomic E-state index is -1.07. The average Bonchev–Trinajstić information content (AvgIpc) is 3.19. The number of carbonyl (C=O) groups is 3. The van der Waals surface area contributed by atoms with Gasteiger partial charge in [-0.2, -0.15) is 0 Å². The minimum absolute atomic E-state index is 0.00858.